The Morgan fingerprint density at radius 2 is 2.42 bits per heavy atom. The molecular weight excluding hydrogens is 155 g/mol. The second-order valence-electron chi connectivity index (χ2n) is 2.67. The molecule has 0 bridgehead atoms. The lowest BCUT2D eigenvalue weighted by Crippen LogP contribution is -1.89. The number of pyridine rings is 1. The molecule has 0 fully saturated rings. The summed E-state index contributed by atoms with van der Waals surface area (Å²) in [6, 6.07) is 1.85. The summed E-state index contributed by atoms with van der Waals surface area (Å²) in [6.45, 7) is 2.01. The number of fused-ring (bicyclic) bond motifs is 1. The zero-order valence-electron chi connectivity index (χ0n) is 6.76. The summed E-state index contributed by atoms with van der Waals surface area (Å²) in [5.74, 6) is -0.285. The van der Waals surface area contributed by atoms with Gasteiger partial charge in [-0.1, -0.05) is 6.92 Å². The van der Waals surface area contributed by atoms with Crippen LogP contribution in [0.5, 0.6) is 0 Å². The number of aromatic nitrogens is 2. The molecule has 1 N–H and O–H groups in total. The third-order valence-electron chi connectivity index (χ3n) is 1.97. The van der Waals surface area contributed by atoms with E-state index in [2.05, 4.69) is 9.97 Å². The molecule has 0 unspecified atom stereocenters. The van der Waals surface area contributed by atoms with E-state index < -0.39 is 0 Å². The van der Waals surface area contributed by atoms with Crippen molar-refractivity contribution >= 4 is 10.9 Å². The smallest absolute Gasteiger partial charge is 0.165 e. The molecule has 0 aromatic carbocycles. The number of aryl methyl sites for hydroxylation is 1. The highest BCUT2D eigenvalue weighted by molar-refractivity contribution is 5.81. The van der Waals surface area contributed by atoms with Crippen LogP contribution >= 0.6 is 0 Å². The molecule has 3 heteroatoms. The molecule has 0 atom stereocenters. The van der Waals surface area contributed by atoms with Crippen LogP contribution < -0.4 is 0 Å². The van der Waals surface area contributed by atoms with Crippen LogP contribution in [-0.2, 0) is 6.42 Å². The third kappa shape index (κ3) is 0.897. The fraction of sp³-hybridized carbons (Fsp3) is 0.222. The average molecular weight is 164 g/mol. The van der Waals surface area contributed by atoms with Crippen molar-refractivity contribution < 1.29 is 4.39 Å². The largest absolute Gasteiger partial charge is 0.359 e. The summed E-state index contributed by atoms with van der Waals surface area (Å²) in [4.78, 5) is 6.85. The molecule has 0 spiro atoms. The highest BCUT2D eigenvalue weighted by Gasteiger charge is 2.05. The van der Waals surface area contributed by atoms with Gasteiger partial charge in [0.1, 0.15) is 0 Å². The monoisotopic (exact) mass is 164 g/mol. The quantitative estimate of drug-likeness (QED) is 0.688. The van der Waals surface area contributed by atoms with Crippen molar-refractivity contribution in [2.24, 2.45) is 0 Å². The van der Waals surface area contributed by atoms with Gasteiger partial charge in [-0.2, -0.15) is 0 Å². The van der Waals surface area contributed by atoms with Crippen molar-refractivity contribution in [3.8, 4) is 0 Å². The molecule has 0 aliphatic rings. The van der Waals surface area contributed by atoms with Gasteiger partial charge in [0, 0.05) is 17.3 Å². The lowest BCUT2D eigenvalue weighted by Gasteiger charge is -1.98. The van der Waals surface area contributed by atoms with Crippen LogP contribution in [-0.4, -0.2) is 9.97 Å². The number of halogens is 1. The minimum Gasteiger partial charge on any atom is -0.359 e. The zero-order chi connectivity index (χ0) is 8.55. The fourth-order valence-electron chi connectivity index (χ4n) is 1.36. The van der Waals surface area contributed by atoms with Crippen molar-refractivity contribution in [3.05, 3.63) is 30.0 Å². The van der Waals surface area contributed by atoms with Crippen LogP contribution in [0.3, 0.4) is 0 Å². The number of rotatable bonds is 1. The maximum absolute atomic E-state index is 13.0. The van der Waals surface area contributed by atoms with Gasteiger partial charge in [-0.15, -0.1) is 0 Å². The molecule has 12 heavy (non-hydrogen) atoms. The molecule has 0 radical (unpaired) electrons. The average Bonchev–Trinajstić information content (AvgIpc) is 2.54. The Morgan fingerprint density at radius 3 is 3.17 bits per heavy atom. The number of hydrogen-bond donors (Lipinski definition) is 1. The van der Waals surface area contributed by atoms with Crippen molar-refractivity contribution in [1.82, 2.24) is 9.97 Å². The van der Waals surface area contributed by atoms with E-state index in [9.17, 15) is 4.39 Å². The van der Waals surface area contributed by atoms with E-state index in [0.717, 1.165) is 17.5 Å². The highest BCUT2D eigenvalue weighted by Crippen LogP contribution is 2.18. The van der Waals surface area contributed by atoms with E-state index >= 15 is 0 Å². The van der Waals surface area contributed by atoms with Crippen LogP contribution in [0.4, 0.5) is 4.39 Å². The summed E-state index contributed by atoms with van der Waals surface area (Å²) in [5.41, 5.74) is 1.49. The minimum atomic E-state index is -0.285. The summed E-state index contributed by atoms with van der Waals surface area (Å²) >= 11 is 0. The predicted molar refractivity (Wildman–Crippen MR) is 45.4 cm³/mol. The third-order valence-corrected chi connectivity index (χ3v) is 1.97. The fourth-order valence-corrected chi connectivity index (χ4v) is 1.36. The second-order valence-corrected chi connectivity index (χ2v) is 2.67. The molecule has 2 aromatic heterocycles. The lowest BCUT2D eigenvalue weighted by molar-refractivity contribution is 0.630. The van der Waals surface area contributed by atoms with Crippen molar-refractivity contribution in [3.63, 3.8) is 0 Å². The SMILES string of the molecule is CCc1ncc(F)c2[nH]ccc12. The molecule has 0 amide bonds. The predicted octanol–water partition coefficient (Wildman–Crippen LogP) is 2.26. The molecule has 2 aromatic rings. The first-order chi connectivity index (χ1) is 5.83. The summed E-state index contributed by atoms with van der Waals surface area (Å²) in [7, 11) is 0. The van der Waals surface area contributed by atoms with Crippen molar-refractivity contribution in [2.45, 2.75) is 13.3 Å². The minimum absolute atomic E-state index is 0.285. The molecule has 0 saturated carbocycles. The number of nitrogens with zero attached hydrogens (tertiary/aromatic N) is 1. The Labute approximate surface area is 69.4 Å². The maximum atomic E-state index is 13.0. The summed E-state index contributed by atoms with van der Waals surface area (Å²) in [6.07, 6.45) is 3.82. The molecular formula is C9H9FN2. The van der Waals surface area contributed by atoms with Gasteiger partial charge in [0.05, 0.1) is 11.7 Å². The standard InChI is InChI=1S/C9H9FN2/c1-2-8-6-3-4-11-9(6)7(10)5-12-8/h3-5,11H,2H2,1H3. The molecule has 62 valence electrons. The normalized spacial score (nSPS) is 10.8. The topological polar surface area (TPSA) is 28.7 Å². The van der Waals surface area contributed by atoms with Gasteiger partial charge < -0.3 is 4.98 Å². The first kappa shape index (κ1) is 7.28. The van der Waals surface area contributed by atoms with Gasteiger partial charge in [-0.3, -0.25) is 4.98 Å². The Morgan fingerprint density at radius 1 is 1.58 bits per heavy atom. The van der Waals surface area contributed by atoms with E-state index in [1.54, 1.807) is 6.20 Å². The summed E-state index contributed by atoms with van der Waals surface area (Å²) in [5, 5.41) is 0.887. The van der Waals surface area contributed by atoms with Gasteiger partial charge in [-0.25, -0.2) is 4.39 Å². The Hall–Kier alpha value is -1.38. The van der Waals surface area contributed by atoms with Crippen LogP contribution in [0.25, 0.3) is 10.9 Å². The Bertz CT molecular complexity index is 406. The molecule has 0 saturated heterocycles. The van der Waals surface area contributed by atoms with Crippen LogP contribution in [0.15, 0.2) is 18.5 Å². The van der Waals surface area contributed by atoms with Crippen LogP contribution in [0.1, 0.15) is 12.6 Å². The number of H-pyrrole nitrogens is 1. The Balaban J connectivity index is 2.82. The molecule has 2 nitrogen and oxygen atoms in total. The molecule has 0 aliphatic heterocycles. The van der Waals surface area contributed by atoms with E-state index in [0.29, 0.717) is 5.52 Å². The van der Waals surface area contributed by atoms with Crippen molar-refractivity contribution in [2.75, 3.05) is 0 Å². The van der Waals surface area contributed by atoms with Gasteiger partial charge in [0.15, 0.2) is 5.82 Å². The number of aromatic amines is 1. The zero-order valence-corrected chi connectivity index (χ0v) is 6.76. The number of hydrogen-bond acceptors (Lipinski definition) is 1. The highest BCUT2D eigenvalue weighted by atomic mass is 19.1. The first-order valence-electron chi connectivity index (χ1n) is 3.93. The molecule has 2 heterocycles. The lowest BCUT2D eigenvalue weighted by atomic mass is 10.2. The Kier molecular flexibility index (Phi) is 1.57. The van der Waals surface area contributed by atoms with Crippen LogP contribution in [0, 0.1) is 5.82 Å². The maximum Gasteiger partial charge on any atom is 0.165 e. The first-order valence-corrected chi connectivity index (χ1v) is 3.93. The summed E-state index contributed by atoms with van der Waals surface area (Å²) < 4.78 is 13.0. The van der Waals surface area contributed by atoms with E-state index in [4.69, 9.17) is 0 Å². The van der Waals surface area contributed by atoms with Gasteiger partial charge in [0.2, 0.25) is 0 Å². The number of nitrogens with one attached hydrogen (secondary N) is 1. The van der Waals surface area contributed by atoms with Gasteiger partial charge in [0.25, 0.3) is 0 Å². The van der Waals surface area contributed by atoms with Gasteiger partial charge in [-0.05, 0) is 12.5 Å². The van der Waals surface area contributed by atoms with E-state index in [-0.39, 0.29) is 5.82 Å². The van der Waals surface area contributed by atoms with E-state index in [1.807, 2.05) is 13.0 Å². The molecule has 2 rings (SSSR count). The second kappa shape index (κ2) is 2.59. The molecule has 0 aliphatic carbocycles. The van der Waals surface area contributed by atoms with E-state index in [1.165, 1.54) is 6.20 Å². The van der Waals surface area contributed by atoms with Crippen LogP contribution in [0.2, 0.25) is 0 Å². The van der Waals surface area contributed by atoms with Crippen molar-refractivity contribution in [1.29, 1.82) is 0 Å². The van der Waals surface area contributed by atoms with Gasteiger partial charge >= 0.3 is 0 Å².